The van der Waals surface area contributed by atoms with Crippen molar-refractivity contribution in [1.29, 1.82) is 0 Å². The first-order valence-corrected chi connectivity index (χ1v) is 4.61. The molecule has 0 bridgehead atoms. The smallest absolute Gasteiger partial charge is 0.155 e. The molecule has 0 aliphatic carbocycles. The van der Waals surface area contributed by atoms with Crippen LogP contribution in [-0.2, 0) is 12.0 Å². The topological polar surface area (TPSA) is 21.3 Å². The van der Waals surface area contributed by atoms with Crippen molar-refractivity contribution in [2.24, 2.45) is 0 Å². The Morgan fingerprint density at radius 1 is 1.31 bits per heavy atom. The van der Waals surface area contributed by atoms with Crippen molar-refractivity contribution in [3.8, 4) is 5.75 Å². The van der Waals surface area contributed by atoms with E-state index in [2.05, 4.69) is 44.5 Å². The van der Waals surface area contributed by atoms with Crippen molar-refractivity contribution in [2.75, 3.05) is 0 Å². The number of nitrogens with one attached hydrogen (secondary N) is 1. The van der Waals surface area contributed by atoms with Gasteiger partial charge in [0.1, 0.15) is 0 Å². The standard InChI is InChI=1S/C11H15NO/c1-11(2,3)9-6-4-5-8-7-12-13-10(8)9/h4-6,12H,7H2,1-3H3. The van der Waals surface area contributed by atoms with Crippen LogP contribution in [0, 0.1) is 0 Å². The Hall–Kier alpha value is -1.02. The van der Waals surface area contributed by atoms with Crippen LogP contribution in [0.3, 0.4) is 0 Å². The summed E-state index contributed by atoms with van der Waals surface area (Å²) in [5.41, 5.74) is 5.58. The molecule has 0 saturated heterocycles. The van der Waals surface area contributed by atoms with Gasteiger partial charge in [0.25, 0.3) is 0 Å². The van der Waals surface area contributed by atoms with Crippen LogP contribution < -0.4 is 10.3 Å². The lowest BCUT2D eigenvalue weighted by Crippen LogP contribution is -2.14. The molecule has 0 saturated carbocycles. The first kappa shape index (κ1) is 8.57. The minimum absolute atomic E-state index is 0.150. The minimum atomic E-state index is 0.150. The summed E-state index contributed by atoms with van der Waals surface area (Å²) in [5.74, 6) is 1.02. The van der Waals surface area contributed by atoms with Gasteiger partial charge in [-0.25, -0.2) is 0 Å². The van der Waals surface area contributed by atoms with E-state index in [1.54, 1.807) is 0 Å². The number of para-hydroxylation sites is 1. The number of hydroxylamine groups is 1. The van der Waals surface area contributed by atoms with Gasteiger partial charge >= 0.3 is 0 Å². The van der Waals surface area contributed by atoms with Gasteiger partial charge in [0.15, 0.2) is 5.75 Å². The molecule has 2 nitrogen and oxygen atoms in total. The lowest BCUT2D eigenvalue weighted by molar-refractivity contribution is 0.220. The Labute approximate surface area is 78.9 Å². The third kappa shape index (κ3) is 1.42. The lowest BCUT2D eigenvalue weighted by Gasteiger charge is -2.20. The Balaban J connectivity index is 2.54. The number of rotatable bonds is 0. The van der Waals surface area contributed by atoms with Gasteiger partial charge in [-0.3, -0.25) is 0 Å². The summed E-state index contributed by atoms with van der Waals surface area (Å²) in [7, 11) is 0. The first-order chi connectivity index (χ1) is 6.09. The third-order valence-electron chi connectivity index (χ3n) is 2.34. The molecule has 1 aliphatic heterocycles. The van der Waals surface area contributed by atoms with E-state index in [0.29, 0.717) is 0 Å². The second-order valence-electron chi connectivity index (χ2n) is 4.47. The molecule has 2 heteroatoms. The van der Waals surface area contributed by atoms with Crippen LogP contribution in [0.15, 0.2) is 18.2 Å². The molecule has 1 heterocycles. The van der Waals surface area contributed by atoms with E-state index in [1.807, 2.05) is 0 Å². The van der Waals surface area contributed by atoms with Crippen LogP contribution in [0.1, 0.15) is 31.9 Å². The normalized spacial score (nSPS) is 15.3. The van der Waals surface area contributed by atoms with Gasteiger partial charge in [0.2, 0.25) is 0 Å². The summed E-state index contributed by atoms with van der Waals surface area (Å²) in [4.78, 5) is 5.41. The van der Waals surface area contributed by atoms with Gasteiger partial charge in [-0.2, -0.15) is 5.48 Å². The van der Waals surface area contributed by atoms with E-state index in [4.69, 9.17) is 4.84 Å². The van der Waals surface area contributed by atoms with Crippen molar-refractivity contribution in [3.63, 3.8) is 0 Å². The van der Waals surface area contributed by atoms with Crippen molar-refractivity contribution >= 4 is 0 Å². The molecule has 70 valence electrons. The van der Waals surface area contributed by atoms with E-state index < -0.39 is 0 Å². The maximum Gasteiger partial charge on any atom is 0.155 e. The van der Waals surface area contributed by atoms with Gasteiger partial charge in [-0.15, -0.1) is 0 Å². The largest absolute Gasteiger partial charge is 0.408 e. The monoisotopic (exact) mass is 177 g/mol. The van der Waals surface area contributed by atoms with Crippen LogP contribution in [-0.4, -0.2) is 0 Å². The highest BCUT2D eigenvalue weighted by Crippen LogP contribution is 2.35. The van der Waals surface area contributed by atoms with Crippen LogP contribution in [0.25, 0.3) is 0 Å². The maximum atomic E-state index is 5.41. The molecular formula is C11H15NO. The molecule has 0 amide bonds. The Morgan fingerprint density at radius 2 is 2.08 bits per heavy atom. The molecule has 0 unspecified atom stereocenters. The molecule has 0 fully saturated rings. The summed E-state index contributed by atoms with van der Waals surface area (Å²) in [6, 6.07) is 6.33. The fraction of sp³-hybridized carbons (Fsp3) is 0.455. The zero-order valence-electron chi connectivity index (χ0n) is 8.35. The Kier molecular flexibility index (Phi) is 1.81. The van der Waals surface area contributed by atoms with Gasteiger partial charge in [0.05, 0.1) is 6.54 Å². The predicted molar refractivity (Wildman–Crippen MR) is 52.6 cm³/mol. The molecule has 0 aromatic heterocycles. The second kappa shape index (κ2) is 2.74. The van der Waals surface area contributed by atoms with E-state index in [9.17, 15) is 0 Å². The van der Waals surface area contributed by atoms with Crippen molar-refractivity contribution < 1.29 is 4.84 Å². The maximum absolute atomic E-state index is 5.41. The molecule has 0 atom stereocenters. The zero-order valence-corrected chi connectivity index (χ0v) is 8.35. The van der Waals surface area contributed by atoms with Crippen LogP contribution in [0.2, 0.25) is 0 Å². The molecule has 2 rings (SSSR count). The van der Waals surface area contributed by atoms with Crippen molar-refractivity contribution in [2.45, 2.75) is 32.7 Å². The van der Waals surface area contributed by atoms with Crippen LogP contribution in [0.4, 0.5) is 0 Å². The number of hydrogen-bond donors (Lipinski definition) is 1. The Morgan fingerprint density at radius 3 is 2.77 bits per heavy atom. The summed E-state index contributed by atoms with van der Waals surface area (Å²) in [5, 5.41) is 0. The summed E-state index contributed by atoms with van der Waals surface area (Å²) in [6.45, 7) is 7.41. The van der Waals surface area contributed by atoms with Crippen molar-refractivity contribution in [3.05, 3.63) is 29.3 Å². The highest BCUT2D eigenvalue weighted by Gasteiger charge is 2.23. The fourth-order valence-electron chi connectivity index (χ4n) is 1.62. The van der Waals surface area contributed by atoms with Gasteiger partial charge in [-0.05, 0) is 5.41 Å². The van der Waals surface area contributed by atoms with Gasteiger partial charge in [-0.1, -0.05) is 39.0 Å². The SMILES string of the molecule is CC(C)(C)c1cccc2c1ONC2. The summed E-state index contributed by atoms with van der Waals surface area (Å²) in [6.07, 6.45) is 0. The predicted octanol–water partition coefficient (Wildman–Crippen LogP) is 2.38. The summed E-state index contributed by atoms with van der Waals surface area (Å²) < 4.78 is 0. The van der Waals surface area contributed by atoms with E-state index >= 15 is 0 Å². The molecular weight excluding hydrogens is 162 g/mol. The molecule has 1 aromatic rings. The number of benzene rings is 1. The highest BCUT2D eigenvalue weighted by atomic mass is 16.7. The quantitative estimate of drug-likeness (QED) is 0.657. The van der Waals surface area contributed by atoms with E-state index in [1.165, 1.54) is 11.1 Å². The molecule has 1 N–H and O–H groups in total. The molecule has 13 heavy (non-hydrogen) atoms. The van der Waals surface area contributed by atoms with E-state index in [-0.39, 0.29) is 5.41 Å². The van der Waals surface area contributed by atoms with Gasteiger partial charge < -0.3 is 4.84 Å². The summed E-state index contributed by atoms with van der Waals surface area (Å²) >= 11 is 0. The lowest BCUT2D eigenvalue weighted by atomic mass is 9.85. The minimum Gasteiger partial charge on any atom is -0.408 e. The second-order valence-corrected chi connectivity index (χ2v) is 4.47. The molecule has 0 spiro atoms. The van der Waals surface area contributed by atoms with Crippen LogP contribution >= 0.6 is 0 Å². The molecule has 1 aliphatic rings. The third-order valence-corrected chi connectivity index (χ3v) is 2.34. The molecule has 0 radical (unpaired) electrons. The Bertz CT molecular complexity index is 325. The van der Waals surface area contributed by atoms with Crippen molar-refractivity contribution in [1.82, 2.24) is 5.48 Å². The zero-order chi connectivity index (χ0) is 9.47. The fourth-order valence-corrected chi connectivity index (χ4v) is 1.62. The van der Waals surface area contributed by atoms with Gasteiger partial charge in [0, 0.05) is 11.1 Å². The average Bonchev–Trinajstić information content (AvgIpc) is 2.48. The number of hydrogen-bond acceptors (Lipinski definition) is 2. The number of fused-ring (bicyclic) bond motifs is 1. The molecule has 1 aromatic carbocycles. The first-order valence-electron chi connectivity index (χ1n) is 4.61. The average molecular weight is 177 g/mol. The highest BCUT2D eigenvalue weighted by molar-refractivity contribution is 5.46. The van der Waals surface area contributed by atoms with Crippen LogP contribution in [0.5, 0.6) is 5.75 Å². The van der Waals surface area contributed by atoms with E-state index in [0.717, 1.165) is 12.3 Å².